The Morgan fingerprint density at radius 2 is 1.68 bits per heavy atom. The summed E-state index contributed by atoms with van der Waals surface area (Å²) in [5, 5.41) is 0. The van der Waals surface area contributed by atoms with E-state index in [2.05, 4.69) is 0 Å². The molecule has 0 aliphatic carbocycles. The molecule has 0 heterocycles. The molecule has 0 fully saturated rings. The number of halogens is 1. The third kappa shape index (κ3) is 3.92. The van der Waals surface area contributed by atoms with Crippen LogP contribution in [0.1, 0.15) is 20.3 Å². The Balaban J connectivity index is 3.30. The smallest absolute Gasteiger partial charge is 0.207 e. The number of sulfonamides is 1. The van der Waals surface area contributed by atoms with Crippen molar-refractivity contribution in [2.45, 2.75) is 30.1 Å². The van der Waals surface area contributed by atoms with Crippen LogP contribution in [0, 0.1) is 0 Å². The van der Waals surface area contributed by atoms with E-state index < -0.39 is 19.1 Å². The summed E-state index contributed by atoms with van der Waals surface area (Å²) in [7, 11) is -2.41. The fourth-order valence-electron chi connectivity index (χ4n) is 1.63. The van der Waals surface area contributed by atoms with Crippen molar-refractivity contribution in [1.82, 2.24) is 4.31 Å². The van der Waals surface area contributed by atoms with E-state index in [-0.39, 0.29) is 9.79 Å². The number of rotatable bonds is 6. The Kier molecular flexibility index (Phi) is 5.37. The van der Waals surface area contributed by atoms with Crippen LogP contribution < -0.4 is 0 Å². The standard InChI is InChI=1S/C11H16ClNO4S2/c1-3-8-13(4-2)19(16,17)11-7-5-6-10(9-11)18(12,14)15/h5-7,9H,3-4,8H2,1-2H3. The van der Waals surface area contributed by atoms with Crippen LogP contribution in [0.3, 0.4) is 0 Å². The van der Waals surface area contributed by atoms with Crippen LogP contribution in [-0.4, -0.2) is 34.2 Å². The van der Waals surface area contributed by atoms with Gasteiger partial charge >= 0.3 is 0 Å². The molecule has 0 aromatic heterocycles. The van der Waals surface area contributed by atoms with Gasteiger partial charge in [0, 0.05) is 23.8 Å². The molecule has 108 valence electrons. The van der Waals surface area contributed by atoms with Crippen LogP contribution >= 0.6 is 10.7 Å². The highest BCUT2D eigenvalue weighted by Gasteiger charge is 2.23. The number of benzene rings is 1. The summed E-state index contributed by atoms with van der Waals surface area (Å²) < 4.78 is 48.4. The zero-order valence-electron chi connectivity index (χ0n) is 10.7. The van der Waals surface area contributed by atoms with Crippen molar-refractivity contribution in [2.75, 3.05) is 13.1 Å². The average molecular weight is 326 g/mol. The first kappa shape index (κ1) is 16.4. The summed E-state index contributed by atoms with van der Waals surface area (Å²) in [6.07, 6.45) is 0.681. The molecule has 0 unspecified atom stereocenters. The van der Waals surface area contributed by atoms with Crippen molar-refractivity contribution in [3.05, 3.63) is 24.3 Å². The summed E-state index contributed by atoms with van der Waals surface area (Å²) in [5.41, 5.74) is 0. The van der Waals surface area contributed by atoms with E-state index in [1.807, 2.05) is 6.92 Å². The number of hydrogen-bond donors (Lipinski definition) is 0. The first-order valence-electron chi connectivity index (χ1n) is 5.78. The Labute approximate surface area is 118 Å². The zero-order valence-corrected chi connectivity index (χ0v) is 13.1. The van der Waals surface area contributed by atoms with Crippen LogP contribution in [0.2, 0.25) is 0 Å². The molecule has 0 aliphatic rings. The molecule has 0 bridgehead atoms. The zero-order chi connectivity index (χ0) is 14.7. The molecule has 19 heavy (non-hydrogen) atoms. The molecule has 0 saturated heterocycles. The van der Waals surface area contributed by atoms with Crippen molar-refractivity contribution in [3.63, 3.8) is 0 Å². The van der Waals surface area contributed by atoms with Crippen molar-refractivity contribution in [3.8, 4) is 0 Å². The van der Waals surface area contributed by atoms with Gasteiger partial charge in [0.1, 0.15) is 0 Å². The maximum absolute atomic E-state index is 12.3. The molecule has 0 radical (unpaired) electrons. The summed E-state index contributed by atoms with van der Waals surface area (Å²) >= 11 is 0. The van der Waals surface area contributed by atoms with Crippen molar-refractivity contribution in [2.24, 2.45) is 0 Å². The third-order valence-electron chi connectivity index (χ3n) is 2.55. The van der Waals surface area contributed by atoms with Gasteiger partial charge in [-0.25, -0.2) is 16.8 Å². The van der Waals surface area contributed by atoms with E-state index in [4.69, 9.17) is 10.7 Å². The van der Waals surface area contributed by atoms with Crippen molar-refractivity contribution < 1.29 is 16.8 Å². The summed E-state index contributed by atoms with van der Waals surface area (Å²) in [6, 6.07) is 5.06. The van der Waals surface area contributed by atoms with Gasteiger partial charge in [-0.05, 0) is 24.6 Å². The average Bonchev–Trinajstić information content (AvgIpc) is 2.34. The van der Waals surface area contributed by atoms with Crippen LogP contribution in [0.5, 0.6) is 0 Å². The summed E-state index contributed by atoms with van der Waals surface area (Å²) in [5.74, 6) is 0. The molecule has 0 saturated carbocycles. The van der Waals surface area contributed by atoms with Crippen LogP contribution in [-0.2, 0) is 19.1 Å². The lowest BCUT2D eigenvalue weighted by atomic mass is 10.4. The van der Waals surface area contributed by atoms with Crippen LogP contribution in [0.25, 0.3) is 0 Å². The fraction of sp³-hybridized carbons (Fsp3) is 0.455. The predicted octanol–water partition coefficient (Wildman–Crippen LogP) is 2.03. The number of hydrogen-bond acceptors (Lipinski definition) is 4. The molecule has 1 aromatic carbocycles. The quantitative estimate of drug-likeness (QED) is 0.750. The van der Waals surface area contributed by atoms with Gasteiger partial charge in [0.25, 0.3) is 9.05 Å². The molecule has 0 aliphatic heterocycles. The minimum atomic E-state index is -3.94. The van der Waals surface area contributed by atoms with E-state index in [1.165, 1.54) is 22.5 Å². The van der Waals surface area contributed by atoms with E-state index >= 15 is 0 Å². The van der Waals surface area contributed by atoms with Crippen molar-refractivity contribution >= 4 is 29.8 Å². The molecule has 0 N–H and O–H groups in total. The van der Waals surface area contributed by atoms with E-state index in [1.54, 1.807) is 6.92 Å². The van der Waals surface area contributed by atoms with Crippen LogP contribution in [0.4, 0.5) is 0 Å². The first-order chi connectivity index (χ1) is 8.73. The van der Waals surface area contributed by atoms with E-state index in [0.717, 1.165) is 6.07 Å². The maximum atomic E-state index is 12.3. The Hall–Kier alpha value is -0.630. The Morgan fingerprint density at radius 1 is 1.11 bits per heavy atom. The Bertz CT molecular complexity index is 640. The molecule has 0 amide bonds. The SMILES string of the molecule is CCCN(CC)S(=O)(=O)c1cccc(S(=O)(=O)Cl)c1. The predicted molar refractivity (Wildman–Crippen MR) is 74.2 cm³/mol. The highest BCUT2D eigenvalue weighted by molar-refractivity contribution is 8.13. The lowest BCUT2D eigenvalue weighted by Gasteiger charge is -2.19. The molecular formula is C11H16ClNO4S2. The summed E-state index contributed by atoms with van der Waals surface area (Å²) in [6.45, 7) is 4.32. The second kappa shape index (κ2) is 6.21. The molecule has 0 atom stereocenters. The molecule has 5 nitrogen and oxygen atoms in total. The number of nitrogens with zero attached hydrogens (tertiary/aromatic N) is 1. The lowest BCUT2D eigenvalue weighted by Crippen LogP contribution is -2.31. The van der Waals surface area contributed by atoms with Gasteiger partial charge in [0.2, 0.25) is 10.0 Å². The van der Waals surface area contributed by atoms with Gasteiger partial charge in [0.05, 0.1) is 9.79 Å². The fourth-order valence-corrected chi connectivity index (χ4v) is 4.09. The largest absolute Gasteiger partial charge is 0.261 e. The second-order valence-corrected chi connectivity index (χ2v) is 8.41. The lowest BCUT2D eigenvalue weighted by molar-refractivity contribution is 0.427. The van der Waals surface area contributed by atoms with Gasteiger partial charge in [0.15, 0.2) is 0 Å². The normalized spacial score (nSPS) is 12.8. The minimum Gasteiger partial charge on any atom is -0.207 e. The topological polar surface area (TPSA) is 71.5 Å². The van der Waals surface area contributed by atoms with Gasteiger partial charge in [-0.15, -0.1) is 0 Å². The van der Waals surface area contributed by atoms with Gasteiger partial charge in [-0.3, -0.25) is 0 Å². The minimum absolute atomic E-state index is 0.0653. The van der Waals surface area contributed by atoms with E-state index in [0.29, 0.717) is 19.5 Å². The van der Waals surface area contributed by atoms with Gasteiger partial charge in [-0.1, -0.05) is 19.9 Å². The van der Waals surface area contributed by atoms with Gasteiger partial charge < -0.3 is 0 Å². The molecule has 1 rings (SSSR count). The maximum Gasteiger partial charge on any atom is 0.261 e. The van der Waals surface area contributed by atoms with Gasteiger partial charge in [-0.2, -0.15) is 4.31 Å². The Morgan fingerprint density at radius 3 is 2.16 bits per heavy atom. The van der Waals surface area contributed by atoms with Crippen LogP contribution in [0.15, 0.2) is 34.1 Å². The monoisotopic (exact) mass is 325 g/mol. The molecule has 0 spiro atoms. The van der Waals surface area contributed by atoms with Crippen molar-refractivity contribution in [1.29, 1.82) is 0 Å². The molecule has 1 aromatic rings. The highest BCUT2D eigenvalue weighted by Crippen LogP contribution is 2.21. The first-order valence-corrected chi connectivity index (χ1v) is 9.53. The van der Waals surface area contributed by atoms with E-state index in [9.17, 15) is 16.8 Å². The second-order valence-electron chi connectivity index (χ2n) is 3.91. The molecule has 8 heteroatoms. The highest BCUT2D eigenvalue weighted by atomic mass is 35.7. The summed E-state index contributed by atoms with van der Waals surface area (Å²) in [4.78, 5) is -0.285. The molecular weight excluding hydrogens is 310 g/mol. The third-order valence-corrected chi connectivity index (χ3v) is 5.87.